The summed E-state index contributed by atoms with van der Waals surface area (Å²) in [4.78, 5) is 28.2. The molecule has 21 heterocycles. The van der Waals surface area contributed by atoms with Crippen LogP contribution in [0.25, 0.3) is 21.5 Å². The zero-order valence-electron chi connectivity index (χ0n) is 54.8. The second kappa shape index (κ2) is 33.7. The van der Waals surface area contributed by atoms with Crippen molar-refractivity contribution in [2.75, 3.05) is 58.1 Å². The Bertz CT molecular complexity index is 3430. The number of rotatable bonds is 13. The smallest absolute Gasteiger partial charge is 0.258 e. The molecule has 21 saturated heterocycles. The Morgan fingerprint density at radius 2 is 0.587 bits per heavy atom. The van der Waals surface area contributed by atoms with Gasteiger partial charge in [0, 0.05) is 6.54 Å². The van der Waals surface area contributed by atoms with E-state index < -0.39 is 280 Å². The number of carbonyl (C=O) groups is 2. The summed E-state index contributed by atoms with van der Waals surface area (Å²) in [5.41, 5.74) is 0.509. The fourth-order valence-electron chi connectivity index (χ4n) is 14.0. The largest absolute Gasteiger partial charge is 0.482 e. The molecule has 0 aromatic heterocycles. The molecule has 578 valence electrons. The molecule has 39 heteroatoms. The summed E-state index contributed by atoms with van der Waals surface area (Å²) < 4.78 is 87.6. The van der Waals surface area contributed by atoms with Gasteiger partial charge in [-0.25, -0.2) is 0 Å². The number of nitrogens with one attached hydrogen (secondary N) is 2. The maximum absolute atomic E-state index is 14.2. The van der Waals surface area contributed by atoms with Gasteiger partial charge in [-0.05, 0) is 39.7 Å². The molecule has 0 spiro atoms. The summed E-state index contributed by atoms with van der Waals surface area (Å²) in [7, 11) is 0. The number of benzene rings is 4. The van der Waals surface area contributed by atoms with Crippen LogP contribution in [0.5, 0.6) is 5.75 Å². The summed E-state index contributed by atoms with van der Waals surface area (Å²) >= 11 is 0. The van der Waals surface area contributed by atoms with E-state index in [1.54, 1.807) is 36.4 Å². The molecule has 22 N–H and O–H groups in total. The number of aliphatic hydroxyl groups excluding tert-OH is 20. The number of carbonyl (C=O) groups excluding carboxylic acids is 2. The molecule has 21 aliphatic rings. The van der Waals surface area contributed by atoms with Crippen LogP contribution in [0.1, 0.15) is 10.4 Å². The van der Waals surface area contributed by atoms with Gasteiger partial charge in [0.25, 0.3) is 11.8 Å². The first-order chi connectivity index (χ1) is 49.9. The average molecular weight is 1490 g/mol. The number of para-hydroxylation sites is 2. The van der Waals surface area contributed by atoms with Crippen molar-refractivity contribution in [2.24, 2.45) is 0 Å². The quantitative estimate of drug-likeness (QED) is 0.0553. The summed E-state index contributed by atoms with van der Waals surface area (Å²) in [5, 5.41) is 234. The van der Waals surface area contributed by atoms with Gasteiger partial charge in [0.2, 0.25) is 0 Å². The van der Waals surface area contributed by atoms with Crippen molar-refractivity contribution < 1.29 is 183 Å². The van der Waals surface area contributed by atoms with Crippen molar-refractivity contribution in [3.8, 4) is 5.75 Å². The van der Waals surface area contributed by atoms with Gasteiger partial charge in [-0.1, -0.05) is 60.7 Å². The van der Waals surface area contributed by atoms with Gasteiger partial charge in [0.1, 0.15) is 177 Å². The summed E-state index contributed by atoms with van der Waals surface area (Å²) in [5.74, 6) is -1.40. The molecule has 21 aliphatic heterocycles. The van der Waals surface area contributed by atoms with Crippen molar-refractivity contribution in [2.45, 2.75) is 215 Å². The van der Waals surface area contributed by atoms with Crippen LogP contribution in [-0.2, 0) is 71.1 Å². The lowest BCUT2D eigenvalue weighted by Crippen LogP contribution is -2.68. The molecular formula is C65H86N2O37. The van der Waals surface area contributed by atoms with E-state index in [4.69, 9.17) is 71.1 Å². The molecule has 2 amide bonds. The summed E-state index contributed by atoms with van der Waals surface area (Å²) in [6.07, 6.45) is -72.7. The zero-order valence-corrected chi connectivity index (χ0v) is 54.8. The second-order valence-corrected chi connectivity index (χ2v) is 26.2. The zero-order chi connectivity index (χ0) is 74.3. The maximum Gasteiger partial charge on any atom is 0.258 e. The third-order valence-electron chi connectivity index (χ3n) is 19.6. The predicted molar refractivity (Wildman–Crippen MR) is 336 cm³/mol. The molecule has 4 aromatic rings. The first-order valence-corrected chi connectivity index (χ1v) is 33.5. The van der Waals surface area contributed by atoms with Crippen LogP contribution in [-0.4, -0.2) is 382 Å². The van der Waals surface area contributed by atoms with Crippen LogP contribution >= 0.6 is 0 Å². The van der Waals surface area contributed by atoms with Crippen molar-refractivity contribution >= 4 is 39.0 Å². The number of fused-ring (bicyclic) bond motifs is 2. The van der Waals surface area contributed by atoms with E-state index in [2.05, 4.69) is 10.6 Å². The highest BCUT2D eigenvalue weighted by Gasteiger charge is 2.60. The number of hydrogen-bond donors (Lipinski definition) is 22. The Labute approximate surface area is 588 Å². The lowest BCUT2D eigenvalue weighted by Gasteiger charge is -2.50. The van der Waals surface area contributed by atoms with Crippen LogP contribution in [0.2, 0.25) is 0 Å². The minimum Gasteiger partial charge on any atom is -0.482 e. The van der Waals surface area contributed by atoms with Gasteiger partial charge in [-0.3, -0.25) is 9.59 Å². The van der Waals surface area contributed by atoms with E-state index in [-0.39, 0.29) is 11.4 Å². The third-order valence-corrected chi connectivity index (χ3v) is 19.6. The Hall–Kier alpha value is -5.22. The molecule has 4 aromatic carbocycles. The molecule has 35 atom stereocenters. The van der Waals surface area contributed by atoms with Gasteiger partial charge >= 0.3 is 0 Å². The monoisotopic (exact) mass is 1490 g/mol. The van der Waals surface area contributed by atoms with E-state index in [0.29, 0.717) is 16.3 Å². The number of aliphatic hydroxyl groups is 20. The van der Waals surface area contributed by atoms with Gasteiger partial charge in [0.15, 0.2) is 50.6 Å². The number of anilines is 1. The Kier molecular flexibility index (Phi) is 25.4. The number of amides is 2. The minimum atomic E-state index is -2.33. The highest BCUT2D eigenvalue weighted by molar-refractivity contribution is 6.22. The average Bonchev–Trinajstić information content (AvgIpc) is 0.777. The molecule has 104 heavy (non-hydrogen) atoms. The SMILES string of the molecule is O=C(COc1ccccc1NC(=O)c1c2ccccc2cc2ccccc12)NC[C@H]1O[C@@H]2O[C@H]3[C@H](O)[C@@H](O)[C@@H](O[C@H]4[C@H](O)[C@@H](O)[C@@H](O[C@H]5[C@H](O)[C@@H](O)[C@@H](O[C@H]6[C@H](O)[C@@H](O)[C@@H](O[C@H]7[C@H](O)[C@@H](O)[C@@H](O[C@H]8[C@H](O)[C@@H](O)[C@@H](O[C@H]1[C@H](O)[C@H]2O)O[C@@H]8CO)O[C@@H]7CO)O[C@@H]6CO)O[C@@H]5CO)O[C@@H]4CO)O[C@@H]3CO. The first kappa shape index (κ1) is 78.4. The molecule has 0 radical (unpaired) electrons. The molecule has 21 fully saturated rings. The standard InChI is InChI=1S/C65H86N2O37/c68-15-29-52-39(77)46(84)61(93-29)101-54-31(17-70)95-63(48(86)41(54)79)103-56-33(19-72)97-65(50(88)43(56)81)104-57-34(20-73)96-64(49(87)42(57)80)102-55-32(18-71)94-62(47(85)40(55)78)100-53-30(16-69)92-60(45(83)38(53)76)98-51-28(91-59(99-52)44(82)37(51)75)14-66-35(74)21-90-27-12-6-5-11-26(27)67-58(89)36-24-9-3-1-7-22(24)13-23-8-2-4-10-25(23)36/h1-13,28-34,37-57,59-65,68-73,75-88H,14-21H2,(H,66,74)(H,67,89)/t28-,29-,30-,31-,32-,33-,34-,37-,38-,39-,40-,41-,42-,43-,44-,45-,46-,47-,48-,49-,50-,51-,52-,53-,54-,55-,56-,57-,59-,60-,61-,62-,63-,64-,65-/m1/s1. The van der Waals surface area contributed by atoms with Gasteiger partial charge < -0.3 is 184 Å². The first-order valence-electron chi connectivity index (χ1n) is 33.5. The van der Waals surface area contributed by atoms with E-state index in [1.165, 1.54) is 12.1 Å². The molecular weight excluding hydrogens is 1400 g/mol. The van der Waals surface area contributed by atoms with E-state index in [1.807, 2.05) is 30.3 Å². The van der Waals surface area contributed by atoms with Crippen LogP contribution in [0.15, 0.2) is 78.9 Å². The van der Waals surface area contributed by atoms with E-state index in [0.717, 1.165) is 10.8 Å². The van der Waals surface area contributed by atoms with Gasteiger partial charge in [-0.2, -0.15) is 0 Å². The van der Waals surface area contributed by atoms with Gasteiger partial charge in [0.05, 0.1) is 50.9 Å². The van der Waals surface area contributed by atoms with Crippen molar-refractivity contribution in [1.82, 2.24) is 5.32 Å². The number of ether oxygens (including phenoxy) is 15. The molecule has 0 aliphatic carbocycles. The lowest BCUT2D eigenvalue weighted by molar-refractivity contribution is -0.396. The van der Waals surface area contributed by atoms with Crippen molar-refractivity contribution in [3.05, 3.63) is 84.4 Å². The minimum absolute atomic E-state index is 0.0234. The topological polar surface area (TPSA) is 601 Å². The highest BCUT2D eigenvalue weighted by Crippen LogP contribution is 2.40. The van der Waals surface area contributed by atoms with Crippen LogP contribution in [0.4, 0.5) is 5.69 Å². The summed E-state index contributed by atoms with van der Waals surface area (Å²) in [6, 6.07) is 22.7. The molecule has 0 unspecified atom stereocenters. The van der Waals surface area contributed by atoms with E-state index >= 15 is 0 Å². The fraction of sp³-hybridized carbons (Fsp3) is 0.662. The normalized spacial score (nSPS) is 43.9. The molecule has 0 saturated carbocycles. The van der Waals surface area contributed by atoms with Crippen LogP contribution < -0.4 is 15.4 Å². The third kappa shape index (κ3) is 15.7. The Balaban J connectivity index is 0.810. The maximum atomic E-state index is 14.2. The molecule has 14 bridgehead atoms. The second-order valence-electron chi connectivity index (χ2n) is 26.2. The Morgan fingerprint density at radius 3 is 0.885 bits per heavy atom. The molecule has 25 rings (SSSR count). The van der Waals surface area contributed by atoms with Crippen LogP contribution in [0.3, 0.4) is 0 Å². The van der Waals surface area contributed by atoms with Crippen molar-refractivity contribution in [3.63, 3.8) is 0 Å². The summed E-state index contributed by atoms with van der Waals surface area (Å²) in [6.45, 7) is -8.09. The molecule has 39 nitrogen and oxygen atoms in total. The van der Waals surface area contributed by atoms with Crippen molar-refractivity contribution in [1.29, 1.82) is 0 Å². The van der Waals surface area contributed by atoms with Crippen LogP contribution in [0, 0.1) is 0 Å². The van der Waals surface area contributed by atoms with E-state index in [9.17, 15) is 112 Å². The lowest BCUT2D eigenvalue weighted by atomic mass is 9.95. The fourth-order valence-corrected chi connectivity index (χ4v) is 14.0. The Morgan fingerprint density at radius 1 is 0.327 bits per heavy atom. The number of hydrogen-bond acceptors (Lipinski definition) is 37. The van der Waals surface area contributed by atoms with Gasteiger partial charge in [-0.15, -0.1) is 0 Å². The predicted octanol–water partition coefficient (Wildman–Crippen LogP) is -10.5. The highest BCUT2D eigenvalue weighted by atomic mass is 16.8.